The molecule has 0 fully saturated rings. The third kappa shape index (κ3) is 12.6. The third-order valence-corrected chi connectivity index (χ3v) is 3.31. The van der Waals surface area contributed by atoms with Crippen LogP contribution < -0.4 is 0 Å². The van der Waals surface area contributed by atoms with E-state index in [9.17, 15) is 44.4 Å². The Bertz CT molecular complexity index is 565. The van der Waals surface area contributed by atoms with E-state index in [4.69, 9.17) is 0 Å². The topological polar surface area (TPSA) is 26.3 Å². The van der Waals surface area contributed by atoms with Gasteiger partial charge in [0.2, 0.25) is 0 Å². The molecule has 0 bridgehead atoms. The molecule has 0 unspecified atom stereocenters. The van der Waals surface area contributed by atoms with Crippen LogP contribution in [0.4, 0.5) is 39.6 Å². The number of ketones is 1. The molecule has 2 nitrogen and oxygen atoms in total. The molecule has 25 heavy (non-hydrogen) atoms. The second-order valence-electron chi connectivity index (χ2n) is 4.38. The molecule has 0 spiro atoms. The average molecular weight is 608 g/mol. The summed E-state index contributed by atoms with van der Waals surface area (Å²) in [5.74, 6) is -0.890. The molecule has 0 radical (unpaired) electrons. The number of hydrogen-bond donors (Lipinski definition) is 0. The zero-order valence-corrected chi connectivity index (χ0v) is 15.9. The van der Waals surface area contributed by atoms with Crippen molar-refractivity contribution < 1.29 is 49.4 Å². The maximum atomic E-state index is 12.0. The van der Waals surface area contributed by atoms with E-state index < -0.39 is 37.1 Å². The molecule has 0 heterocycles. The monoisotopic (exact) mass is 608 g/mol. The van der Waals surface area contributed by atoms with Gasteiger partial charge < -0.3 is 0 Å². The van der Waals surface area contributed by atoms with Crippen LogP contribution in [0.2, 0.25) is 0 Å². The Morgan fingerprint density at radius 1 is 0.880 bits per heavy atom. The van der Waals surface area contributed by atoms with E-state index in [1.807, 2.05) is 45.2 Å². The average Bonchev–Trinajstić information content (AvgIpc) is 2.33. The van der Waals surface area contributed by atoms with E-state index in [1.165, 1.54) is 12.1 Å². The number of carbonyl (C=O) groups excluding carboxylic acids is 1. The lowest BCUT2D eigenvalue weighted by Crippen LogP contribution is -2.26. The molecule has 1 aromatic carbocycles. The van der Waals surface area contributed by atoms with Gasteiger partial charge in [-0.05, 0) is 67.9 Å². The number of Topliss-reactive ketones (excluding diaryl/α,β-unsaturated/α-hetero) is 1. The predicted octanol–water partition coefficient (Wildman–Crippen LogP) is 6.46. The van der Waals surface area contributed by atoms with Crippen LogP contribution in [0.5, 0.6) is 0 Å². The van der Waals surface area contributed by atoms with Crippen molar-refractivity contribution in [1.82, 2.24) is 0 Å². The van der Waals surface area contributed by atoms with Gasteiger partial charge in [0.05, 0.1) is 0 Å². The summed E-state index contributed by atoms with van der Waals surface area (Å²) in [7, 11) is 0. The van der Waals surface area contributed by atoms with Gasteiger partial charge in [0, 0.05) is 12.7 Å². The molecule has 0 saturated heterocycles. The van der Waals surface area contributed by atoms with Crippen molar-refractivity contribution in [3.63, 3.8) is 0 Å². The highest BCUT2D eigenvalue weighted by Crippen LogP contribution is 2.32. The van der Waals surface area contributed by atoms with Crippen molar-refractivity contribution in [2.24, 2.45) is 0 Å². The molecular weight excluding hydrogens is 601 g/mol. The number of alkyl halides is 8. The lowest BCUT2D eigenvalue weighted by molar-refractivity contribution is -0.379. The van der Waals surface area contributed by atoms with Gasteiger partial charge in [0.25, 0.3) is 0 Å². The van der Waals surface area contributed by atoms with E-state index in [0.29, 0.717) is 0 Å². The number of rotatable bonds is 4. The van der Waals surface area contributed by atoms with Gasteiger partial charge in [0.1, 0.15) is 12.8 Å². The van der Waals surface area contributed by atoms with E-state index in [0.717, 1.165) is 7.14 Å². The SMILES string of the molecule is FOC(F)(F)CC(F)(F)F.O=C(CC(F)(F)F)c1cc(I)cc(I)c1. The van der Waals surface area contributed by atoms with Crippen LogP contribution in [0.15, 0.2) is 18.2 Å². The van der Waals surface area contributed by atoms with Crippen molar-refractivity contribution in [3.8, 4) is 0 Å². The van der Waals surface area contributed by atoms with Crippen LogP contribution >= 0.6 is 45.2 Å². The molecule has 1 aromatic rings. The normalized spacial score (nSPS) is 12.4. The van der Waals surface area contributed by atoms with Crippen molar-refractivity contribution in [3.05, 3.63) is 30.9 Å². The number of hydrogen-bond acceptors (Lipinski definition) is 2. The quantitative estimate of drug-likeness (QED) is 0.223. The minimum Gasteiger partial charge on any atom is -0.294 e. The fourth-order valence-corrected chi connectivity index (χ4v) is 3.20. The van der Waals surface area contributed by atoms with Gasteiger partial charge in [-0.25, -0.2) is 0 Å². The van der Waals surface area contributed by atoms with Crippen molar-refractivity contribution in [1.29, 1.82) is 0 Å². The van der Waals surface area contributed by atoms with Crippen LogP contribution in [0.1, 0.15) is 23.2 Å². The Balaban J connectivity index is 0.000000504. The molecule has 0 N–H and O–H groups in total. The van der Waals surface area contributed by atoms with E-state index in [-0.39, 0.29) is 5.56 Å². The number of carbonyl (C=O) groups is 1. The first kappa shape index (κ1) is 24.7. The fraction of sp³-hybridized carbons (Fsp3) is 0.417. The van der Waals surface area contributed by atoms with Gasteiger partial charge in [-0.1, -0.05) is 0 Å². The summed E-state index contributed by atoms with van der Waals surface area (Å²) in [6.45, 7) is 0. The van der Waals surface area contributed by atoms with Crippen molar-refractivity contribution >= 4 is 51.0 Å². The van der Waals surface area contributed by atoms with Crippen LogP contribution in [-0.4, -0.2) is 24.2 Å². The highest BCUT2D eigenvalue weighted by atomic mass is 127. The summed E-state index contributed by atoms with van der Waals surface area (Å²) < 4.78 is 104. The zero-order chi connectivity index (χ0) is 20.1. The Labute approximate surface area is 162 Å². The molecule has 0 aliphatic rings. The Hall–Kier alpha value is -0.320. The summed E-state index contributed by atoms with van der Waals surface area (Å²) >= 11 is 3.93. The Morgan fingerprint density at radius 2 is 1.32 bits per heavy atom. The molecule has 0 aliphatic carbocycles. The Morgan fingerprint density at radius 3 is 1.60 bits per heavy atom. The van der Waals surface area contributed by atoms with E-state index >= 15 is 0 Å². The minimum atomic E-state index is -5.13. The maximum Gasteiger partial charge on any atom is 0.397 e. The molecule has 13 heteroatoms. The molecule has 0 aliphatic heterocycles. The molecule has 1 rings (SSSR count). The smallest absolute Gasteiger partial charge is 0.294 e. The van der Waals surface area contributed by atoms with E-state index in [1.54, 1.807) is 11.0 Å². The zero-order valence-electron chi connectivity index (χ0n) is 11.6. The van der Waals surface area contributed by atoms with Crippen molar-refractivity contribution in [2.75, 3.05) is 0 Å². The van der Waals surface area contributed by atoms with Crippen LogP contribution in [-0.2, 0) is 4.94 Å². The van der Waals surface area contributed by atoms with Gasteiger partial charge in [0.15, 0.2) is 5.78 Å². The second kappa shape index (κ2) is 9.57. The molecule has 0 saturated carbocycles. The third-order valence-electron chi connectivity index (χ3n) is 2.06. The number of benzene rings is 1. The highest BCUT2D eigenvalue weighted by molar-refractivity contribution is 14.1. The van der Waals surface area contributed by atoms with Crippen LogP contribution in [0, 0.1) is 7.14 Å². The van der Waals surface area contributed by atoms with E-state index in [2.05, 4.69) is 0 Å². The highest BCUT2D eigenvalue weighted by Gasteiger charge is 2.45. The minimum absolute atomic E-state index is 0.114. The Kier molecular flexibility index (Phi) is 9.45. The fourth-order valence-electron chi connectivity index (χ4n) is 1.26. The van der Waals surface area contributed by atoms with Gasteiger partial charge in [-0.15, -0.1) is 4.94 Å². The van der Waals surface area contributed by atoms with Gasteiger partial charge in [-0.2, -0.15) is 35.1 Å². The maximum absolute atomic E-state index is 12.0. The summed E-state index contributed by atoms with van der Waals surface area (Å²) in [6.07, 6.45) is -18.3. The second-order valence-corrected chi connectivity index (χ2v) is 6.87. The van der Waals surface area contributed by atoms with Gasteiger partial charge >= 0.3 is 18.5 Å². The standard InChI is InChI=1S/C9H5F3I2O.C3H2F6O/c10-9(11,12)4-8(15)5-1-6(13)3-7(14)2-5;4-2(5,6)1-3(7,8)10-9/h1-3H,4H2;1H2. The molecular formula is C12H7F9I2O2. The predicted molar refractivity (Wildman–Crippen MR) is 84.7 cm³/mol. The lowest BCUT2D eigenvalue weighted by atomic mass is 10.1. The first-order valence-corrected chi connectivity index (χ1v) is 8.01. The summed E-state index contributed by atoms with van der Waals surface area (Å²) in [5, 5.41) is 0. The van der Waals surface area contributed by atoms with Crippen molar-refractivity contribution in [2.45, 2.75) is 31.3 Å². The largest absolute Gasteiger partial charge is 0.397 e. The molecule has 144 valence electrons. The summed E-state index contributed by atoms with van der Waals surface area (Å²) in [6, 6.07) is 4.69. The molecule has 0 aromatic heterocycles. The summed E-state index contributed by atoms with van der Waals surface area (Å²) in [4.78, 5) is 13.0. The molecule has 0 amide bonds. The van der Waals surface area contributed by atoms with Gasteiger partial charge in [-0.3, -0.25) is 4.79 Å². The van der Waals surface area contributed by atoms with Crippen LogP contribution in [0.3, 0.4) is 0 Å². The summed E-state index contributed by atoms with van der Waals surface area (Å²) in [5.41, 5.74) is 0.114. The first-order valence-electron chi connectivity index (χ1n) is 5.85. The van der Waals surface area contributed by atoms with Crippen LogP contribution in [0.25, 0.3) is 0 Å². The molecule has 0 atom stereocenters. The number of halogens is 11. The lowest BCUT2D eigenvalue weighted by Gasteiger charge is -2.11. The first-order chi connectivity index (χ1) is 11.0.